The van der Waals surface area contributed by atoms with Gasteiger partial charge >= 0.3 is 0 Å². The fourth-order valence-corrected chi connectivity index (χ4v) is 4.05. The Bertz CT molecular complexity index is 581. The third kappa shape index (κ3) is 2.44. The largest absolute Gasteiger partial charge is 0.396 e. The first-order chi connectivity index (χ1) is 9.29. The van der Waals surface area contributed by atoms with E-state index >= 15 is 0 Å². The summed E-state index contributed by atoms with van der Waals surface area (Å²) in [4.78, 5) is 11.4. The molecule has 1 atom stereocenters. The molecule has 0 bridgehead atoms. The van der Waals surface area contributed by atoms with E-state index in [1.54, 1.807) is 6.33 Å². The number of nitrogens with zero attached hydrogens (tertiary/aromatic N) is 2. The third-order valence-electron chi connectivity index (χ3n) is 3.72. The molecule has 0 spiro atoms. The second-order valence-corrected chi connectivity index (χ2v) is 6.34. The highest BCUT2D eigenvalue weighted by atomic mass is 32.1. The normalized spacial score (nSPS) is 18.5. The van der Waals surface area contributed by atoms with E-state index in [-0.39, 0.29) is 6.61 Å². The fraction of sp³-hybridized carbons (Fsp3) is 0.571. The molecule has 102 valence electrons. The van der Waals surface area contributed by atoms with Crippen LogP contribution in [0.5, 0.6) is 0 Å². The molecule has 5 heteroatoms. The van der Waals surface area contributed by atoms with Crippen LogP contribution in [0, 0.1) is 5.92 Å². The van der Waals surface area contributed by atoms with Crippen molar-refractivity contribution in [3.8, 4) is 0 Å². The lowest BCUT2D eigenvalue weighted by Crippen LogP contribution is -2.10. The van der Waals surface area contributed by atoms with Crippen molar-refractivity contribution in [1.82, 2.24) is 9.97 Å². The lowest BCUT2D eigenvalue weighted by Gasteiger charge is -2.18. The number of aliphatic hydroxyl groups is 1. The summed E-state index contributed by atoms with van der Waals surface area (Å²) in [5.41, 5.74) is 1.45. The zero-order valence-electron chi connectivity index (χ0n) is 11.1. The molecule has 0 saturated heterocycles. The average molecular weight is 277 g/mol. The number of hydrogen-bond acceptors (Lipinski definition) is 5. The summed E-state index contributed by atoms with van der Waals surface area (Å²) in [6.45, 7) is 3.28. The molecule has 19 heavy (non-hydrogen) atoms. The van der Waals surface area contributed by atoms with Crippen molar-refractivity contribution in [3.05, 3.63) is 16.8 Å². The van der Waals surface area contributed by atoms with E-state index in [4.69, 9.17) is 5.11 Å². The molecule has 0 aliphatic heterocycles. The predicted molar refractivity (Wildman–Crippen MR) is 78.8 cm³/mol. The maximum absolute atomic E-state index is 8.87. The molecule has 1 aliphatic carbocycles. The second-order valence-electron chi connectivity index (χ2n) is 5.26. The lowest BCUT2D eigenvalue weighted by molar-refractivity contribution is 0.292. The van der Waals surface area contributed by atoms with E-state index in [1.165, 1.54) is 28.7 Å². The van der Waals surface area contributed by atoms with E-state index in [0.29, 0.717) is 0 Å². The van der Waals surface area contributed by atoms with Crippen LogP contribution in [0.15, 0.2) is 6.33 Å². The highest BCUT2D eigenvalue weighted by Gasteiger charge is 2.22. The predicted octanol–water partition coefficient (Wildman–Crippen LogP) is 2.61. The van der Waals surface area contributed by atoms with E-state index < -0.39 is 0 Å². The van der Waals surface area contributed by atoms with Crippen LogP contribution in [0.3, 0.4) is 0 Å². The van der Waals surface area contributed by atoms with Crippen molar-refractivity contribution >= 4 is 27.4 Å². The summed E-state index contributed by atoms with van der Waals surface area (Å²) >= 11 is 1.82. The SMILES string of the molecule is C[C@@H]1CCc2c(sc3ncnc(NCCCO)c23)C1. The molecule has 0 unspecified atom stereocenters. The quantitative estimate of drug-likeness (QED) is 0.843. The Kier molecular flexibility index (Phi) is 3.66. The van der Waals surface area contributed by atoms with Crippen LogP contribution in [0.25, 0.3) is 10.2 Å². The summed E-state index contributed by atoms with van der Waals surface area (Å²) in [6.07, 6.45) is 5.94. The summed E-state index contributed by atoms with van der Waals surface area (Å²) in [7, 11) is 0. The number of rotatable bonds is 4. The van der Waals surface area contributed by atoms with Gasteiger partial charge in [0.15, 0.2) is 0 Å². The molecule has 3 rings (SSSR count). The lowest BCUT2D eigenvalue weighted by atomic mass is 9.89. The Labute approximate surface area is 116 Å². The van der Waals surface area contributed by atoms with Crippen molar-refractivity contribution in [2.24, 2.45) is 5.92 Å². The summed E-state index contributed by atoms with van der Waals surface area (Å²) < 4.78 is 0. The first kappa shape index (κ1) is 12.8. The van der Waals surface area contributed by atoms with Crippen LogP contribution in [0.1, 0.15) is 30.2 Å². The second kappa shape index (κ2) is 5.43. The Hall–Kier alpha value is -1.20. The minimum atomic E-state index is 0.209. The molecule has 2 aromatic rings. The number of anilines is 1. The fourth-order valence-electron chi connectivity index (χ4n) is 2.69. The maximum atomic E-state index is 8.87. The minimum Gasteiger partial charge on any atom is -0.396 e. The zero-order chi connectivity index (χ0) is 13.2. The highest BCUT2D eigenvalue weighted by molar-refractivity contribution is 7.19. The number of aromatic nitrogens is 2. The van der Waals surface area contributed by atoms with Crippen LogP contribution in [0.4, 0.5) is 5.82 Å². The molecule has 0 radical (unpaired) electrons. The smallest absolute Gasteiger partial charge is 0.138 e. The van der Waals surface area contributed by atoms with Crippen LogP contribution in [0.2, 0.25) is 0 Å². The number of aryl methyl sites for hydroxylation is 1. The summed E-state index contributed by atoms with van der Waals surface area (Å²) in [6, 6.07) is 0. The topological polar surface area (TPSA) is 58.0 Å². The van der Waals surface area contributed by atoms with Gasteiger partial charge in [0, 0.05) is 18.0 Å². The van der Waals surface area contributed by atoms with Gasteiger partial charge in [-0.3, -0.25) is 0 Å². The van der Waals surface area contributed by atoms with Crippen molar-refractivity contribution in [3.63, 3.8) is 0 Å². The van der Waals surface area contributed by atoms with Gasteiger partial charge in [-0.05, 0) is 37.2 Å². The van der Waals surface area contributed by atoms with Gasteiger partial charge in [0.2, 0.25) is 0 Å². The number of aliphatic hydroxyl groups excluding tert-OH is 1. The molecule has 2 aromatic heterocycles. The molecule has 0 fully saturated rings. The Balaban J connectivity index is 1.99. The highest BCUT2D eigenvalue weighted by Crippen LogP contribution is 2.39. The molecular weight excluding hydrogens is 258 g/mol. The van der Waals surface area contributed by atoms with Gasteiger partial charge in [-0.25, -0.2) is 9.97 Å². The van der Waals surface area contributed by atoms with Gasteiger partial charge in [0.1, 0.15) is 17.0 Å². The Morgan fingerprint density at radius 1 is 1.47 bits per heavy atom. The Morgan fingerprint density at radius 2 is 2.37 bits per heavy atom. The maximum Gasteiger partial charge on any atom is 0.138 e. The van der Waals surface area contributed by atoms with E-state index in [0.717, 1.165) is 36.0 Å². The van der Waals surface area contributed by atoms with Crippen molar-refractivity contribution in [1.29, 1.82) is 0 Å². The first-order valence-corrected chi connectivity index (χ1v) is 7.71. The number of thiophene rings is 1. The van der Waals surface area contributed by atoms with E-state index in [9.17, 15) is 0 Å². The molecule has 2 N–H and O–H groups in total. The van der Waals surface area contributed by atoms with Gasteiger partial charge in [-0.2, -0.15) is 0 Å². The first-order valence-electron chi connectivity index (χ1n) is 6.89. The third-order valence-corrected chi connectivity index (χ3v) is 4.88. The van der Waals surface area contributed by atoms with Gasteiger partial charge < -0.3 is 10.4 Å². The summed E-state index contributed by atoms with van der Waals surface area (Å²) in [5.74, 6) is 1.71. The van der Waals surface area contributed by atoms with Crippen LogP contribution in [-0.4, -0.2) is 28.2 Å². The zero-order valence-corrected chi connectivity index (χ0v) is 12.0. The monoisotopic (exact) mass is 277 g/mol. The van der Waals surface area contributed by atoms with Crippen molar-refractivity contribution in [2.45, 2.75) is 32.6 Å². The van der Waals surface area contributed by atoms with Gasteiger partial charge in [-0.1, -0.05) is 6.92 Å². The van der Waals surface area contributed by atoms with Gasteiger partial charge in [-0.15, -0.1) is 11.3 Å². The Morgan fingerprint density at radius 3 is 3.21 bits per heavy atom. The van der Waals surface area contributed by atoms with Crippen molar-refractivity contribution in [2.75, 3.05) is 18.5 Å². The van der Waals surface area contributed by atoms with Crippen LogP contribution < -0.4 is 5.32 Å². The minimum absolute atomic E-state index is 0.209. The number of fused-ring (bicyclic) bond motifs is 3. The number of hydrogen-bond donors (Lipinski definition) is 2. The van der Waals surface area contributed by atoms with Crippen molar-refractivity contribution < 1.29 is 5.11 Å². The number of nitrogens with one attached hydrogen (secondary N) is 1. The average Bonchev–Trinajstić information content (AvgIpc) is 2.77. The summed E-state index contributed by atoms with van der Waals surface area (Å²) in [5, 5.41) is 13.4. The van der Waals surface area contributed by atoms with Crippen LogP contribution >= 0.6 is 11.3 Å². The van der Waals surface area contributed by atoms with E-state index in [1.807, 2.05) is 11.3 Å². The van der Waals surface area contributed by atoms with Gasteiger partial charge in [0.05, 0.1) is 5.39 Å². The molecule has 2 heterocycles. The molecule has 1 aliphatic rings. The molecule has 0 saturated carbocycles. The molecular formula is C14H19N3OS. The molecule has 0 amide bonds. The standard InChI is InChI=1S/C14H19N3OS/c1-9-3-4-10-11(7-9)19-14-12(10)13(16-8-17-14)15-5-2-6-18/h8-9,18H,2-7H2,1H3,(H,15,16,17)/t9-/m1/s1. The molecule has 4 nitrogen and oxygen atoms in total. The van der Waals surface area contributed by atoms with Crippen LogP contribution in [-0.2, 0) is 12.8 Å². The van der Waals surface area contributed by atoms with Gasteiger partial charge in [0.25, 0.3) is 0 Å². The van der Waals surface area contributed by atoms with E-state index in [2.05, 4.69) is 22.2 Å². The molecule has 0 aromatic carbocycles.